The van der Waals surface area contributed by atoms with Gasteiger partial charge in [-0.1, -0.05) is 24.3 Å². The zero-order valence-corrected chi connectivity index (χ0v) is 11.3. The molecule has 1 saturated heterocycles. The van der Waals surface area contributed by atoms with E-state index in [4.69, 9.17) is 14.2 Å². The minimum Gasteiger partial charge on any atom is -0.366 e. The Labute approximate surface area is 113 Å². The molecule has 0 saturated carbocycles. The Morgan fingerprint density at radius 2 is 2.05 bits per heavy atom. The van der Waals surface area contributed by atoms with E-state index in [1.54, 1.807) is 18.2 Å². The van der Waals surface area contributed by atoms with Crippen LogP contribution < -0.4 is 0 Å². The van der Waals surface area contributed by atoms with E-state index in [9.17, 15) is 4.39 Å². The van der Waals surface area contributed by atoms with E-state index in [0.29, 0.717) is 18.8 Å². The van der Waals surface area contributed by atoms with Crippen LogP contribution in [0.25, 0.3) is 0 Å². The molecule has 1 fully saturated rings. The number of ether oxygens (including phenoxy) is 3. The SMILES string of the molecule is CC=CC1OCC(C)(OCc2ccccc2F)CO1. The summed E-state index contributed by atoms with van der Waals surface area (Å²) in [6, 6.07) is 6.60. The summed E-state index contributed by atoms with van der Waals surface area (Å²) in [6.07, 6.45) is 3.42. The van der Waals surface area contributed by atoms with Gasteiger partial charge in [0, 0.05) is 5.56 Å². The van der Waals surface area contributed by atoms with E-state index < -0.39 is 5.60 Å². The monoisotopic (exact) mass is 266 g/mol. The predicted octanol–water partition coefficient (Wildman–Crippen LogP) is 3.05. The van der Waals surface area contributed by atoms with Crippen molar-refractivity contribution >= 4 is 0 Å². The molecule has 1 heterocycles. The van der Waals surface area contributed by atoms with Crippen molar-refractivity contribution in [1.82, 2.24) is 0 Å². The topological polar surface area (TPSA) is 27.7 Å². The van der Waals surface area contributed by atoms with E-state index in [2.05, 4.69) is 0 Å². The van der Waals surface area contributed by atoms with Crippen LogP contribution in [0.5, 0.6) is 0 Å². The quantitative estimate of drug-likeness (QED) is 0.784. The first kappa shape index (κ1) is 14.2. The molecule has 104 valence electrons. The molecule has 1 aliphatic rings. The van der Waals surface area contributed by atoms with Crippen LogP contribution in [0.4, 0.5) is 4.39 Å². The van der Waals surface area contributed by atoms with Crippen LogP contribution in [0, 0.1) is 5.82 Å². The van der Waals surface area contributed by atoms with Crippen molar-refractivity contribution in [2.75, 3.05) is 13.2 Å². The van der Waals surface area contributed by atoms with Crippen molar-refractivity contribution in [2.24, 2.45) is 0 Å². The number of allylic oxidation sites excluding steroid dienone is 1. The minimum absolute atomic E-state index is 0.212. The maximum absolute atomic E-state index is 13.5. The molecule has 1 aliphatic heterocycles. The maximum Gasteiger partial charge on any atom is 0.177 e. The summed E-state index contributed by atoms with van der Waals surface area (Å²) in [4.78, 5) is 0. The number of halogens is 1. The fraction of sp³-hybridized carbons (Fsp3) is 0.467. The first-order chi connectivity index (χ1) is 9.13. The molecule has 0 atom stereocenters. The third-order valence-electron chi connectivity index (χ3n) is 2.99. The van der Waals surface area contributed by atoms with Gasteiger partial charge in [0.1, 0.15) is 11.4 Å². The molecule has 0 aromatic heterocycles. The Morgan fingerprint density at radius 1 is 1.37 bits per heavy atom. The first-order valence-electron chi connectivity index (χ1n) is 6.36. The summed E-state index contributed by atoms with van der Waals surface area (Å²) in [5.41, 5.74) is -0.000286. The second-order valence-corrected chi connectivity index (χ2v) is 4.85. The Hall–Kier alpha value is -1.23. The van der Waals surface area contributed by atoms with Crippen molar-refractivity contribution in [3.8, 4) is 0 Å². The fourth-order valence-corrected chi connectivity index (χ4v) is 1.83. The summed E-state index contributed by atoms with van der Waals surface area (Å²) in [5, 5.41) is 0. The van der Waals surface area contributed by atoms with Crippen molar-refractivity contribution in [2.45, 2.75) is 32.3 Å². The van der Waals surface area contributed by atoms with Crippen LogP contribution in [-0.2, 0) is 20.8 Å². The molecule has 1 aromatic rings. The van der Waals surface area contributed by atoms with Crippen LogP contribution >= 0.6 is 0 Å². The van der Waals surface area contributed by atoms with E-state index >= 15 is 0 Å². The number of benzene rings is 1. The highest BCUT2D eigenvalue weighted by Gasteiger charge is 2.32. The Balaban J connectivity index is 1.88. The third kappa shape index (κ3) is 3.86. The number of hydrogen-bond acceptors (Lipinski definition) is 3. The average Bonchev–Trinajstić information content (AvgIpc) is 2.41. The molecular formula is C15H19FO3. The van der Waals surface area contributed by atoms with Crippen molar-refractivity contribution in [3.05, 3.63) is 47.8 Å². The lowest BCUT2D eigenvalue weighted by atomic mass is 10.1. The normalized spacial score (nSPS) is 27.8. The van der Waals surface area contributed by atoms with Gasteiger partial charge in [-0.05, 0) is 26.0 Å². The van der Waals surface area contributed by atoms with E-state index in [0.717, 1.165) is 0 Å². The molecule has 0 amide bonds. The summed E-state index contributed by atoms with van der Waals surface area (Å²) < 4.78 is 30.3. The van der Waals surface area contributed by atoms with E-state index in [-0.39, 0.29) is 18.7 Å². The molecule has 4 heteroatoms. The van der Waals surface area contributed by atoms with Gasteiger partial charge in [-0.25, -0.2) is 4.39 Å². The summed E-state index contributed by atoms with van der Waals surface area (Å²) in [6.45, 7) is 4.88. The molecule has 1 aromatic carbocycles. The van der Waals surface area contributed by atoms with Crippen LogP contribution in [0.3, 0.4) is 0 Å². The van der Waals surface area contributed by atoms with Gasteiger partial charge in [0.2, 0.25) is 0 Å². The van der Waals surface area contributed by atoms with E-state index in [1.807, 2.05) is 26.0 Å². The lowest BCUT2D eigenvalue weighted by molar-refractivity contribution is -0.246. The largest absolute Gasteiger partial charge is 0.366 e. The second-order valence-electron chi connectivity index (χ2n) is 4.85. The van der Waals surface area contributed by atoms with Crippen molar-refractivity contribution < 1.29 is 18.6 Å². The van der Waals surface area contributed by atoms with Gasteiger partial charge in [-0.3, -0.25) is 0 Å². The highest BCUT2D eigenvalue weighted by Crippen LogP contribution is 2.22. The van der Waals surface area contributed by atoms with Crippen LogP contribution in [0.15, 0.2) is 36.4 Å². The molecule has 3 nitrogen and oxygen atoms in total. The summed E-state index contributed by atoms with van der Waals surface area (Å²) in [7, 11) is 0. The molecule has 0 spiro atoms. The van der Waals surface area contributed by atoms with Gasteiger partial charge >= 0.3 is 0 Å². The highest BCUT2D eigenvalue weighted by molar-refractivity contribution is 5.16. The molecule has 0 N–H and O–H groups in total. The van der Waals surface area contributed by atoms with Crippen LogP contribution in [0.2, 0.25) is 0 Å². The van der Waals surface area contributed by atoms with Gasteiger partial charge in [0.25, 0.3) is 0 Å². The standard InChI is InChI=1S/C15H19FO3/c1-3-6-14-17-10-15(2,11-18-14)19-9-12-7-4-5-8-13(12)16/h3-8,14H,9-11H2,1-2H3. The van der Waals surface area contributed by atoms with Crippen LogP contribution in [-0.4, -0.2) is 25.1 Å². The molecule has 0 bridgehead atoms. The third-order valence-corrected chi connectivity index (χ3v) is 2.99. The number of hydrogen-bond donors (Lipinski definition) is 0. The predicted molar refractivity (Wildman–Crippen MR) is 70.1 cm³/mol. The molecule has 19 heavy (non-hydrogen) atoms. The van der Waals surface area contributed by atoms with Crippen molar-refractivity contribution in [3.63, 3.8) is 0 Å². The Kier molecular flexibility index (Phi) is 4.69. The summed E-state index contributed by atoms with van der Waals surface area (Å²) in [5.74, 6) is -0.254. The maximum atomic E-state index is 13.5. The Morgan fingerprint density at radius 3 is 2.68 bits per heavy atom. The molecule has 0 aliphatic carbocycles. The zero-order valence-electron chi connectivity index (χ0n) is 11.3. The molecule has 2 rings (SSSR count). The van der Waals surface area contributed by atoms with Crippen molar-refractivity contribution in [1.29, 1.82) is 0 Å². The zero-order chi connectivity index (χ0) is 13.7. The second kappa shape index (κ2) is 6.28. The minimum atomic E-state index is -0.541. The lowest BCUT2D eigenvalue weighted by Gasteiger charge is -2.36. The lowest BCUT2D eigenvalue weighted by Crippen LogP contribution is -2.46. The first-order valence-corrected chi connectivity index (χ1v) is 6.36. The number of rotatable bonds is 4. The fourth-order valence-electron chi connectivity index (χ4n) is 1.83. The molecular weight excluding hydrogens is 247 g/mol. The summed E-state index contributed by atoms with van der Waals surface area (Å²) >= 11 is 0. The highest BCUT2D eigenvalue weighted by atomic mass is 19.1. The average molecular weight is 266 g/mol. The van der Waals surface area contributed by atoms with E-state index in [1.165, 1.54) is 6.07 Å². The Bertz CT molecular complexity index is 437. The van der Waals surface area contributed by atoms with Gasteiger partial charge in [-0.15, -0.1) is 0 Å². The molecule has 0 radical (unpaired) electrons. The van der Waals surface area contributed by atoms with Crippen LogP contribution in [0.1, 0.15) is 19.4 Å². The van der Waals surface area contributed by atoms with Gasteiger partial charge < -0.3 is 14.2 Å². The van der Waals surface area contributed by atoms with Gasteiger partial charge in [0.05, 0.1) is 19.8 Å². The molecule has 0 unspecified atom stereocenters. The smallest absolute Gasteiger partial charge is 0.177 e. The van der Waals surface area contributed by atoms with Gasteiger partial charge in [-0.2, -0.15) is 0 Å². The van der Waals surface area contributed by atoms with Gasteiger partial charge in [0.15, 0.2) is 6.29 Å².